The van der Waals surface area contributed by atoms with Crippen molar-refractivity contribution >= 4 is 65.0 Å². The second kappa shape index (κ2) is 8.82. The van der Waals surface area contributed by atoms with Gasteiger partial charge in [-0.1, -0.05) is 87.1 Å². The number of nitrogens with zero attached hydrogens (tertiary/aromatic N) is 2. The lowest BCUT2D eigenvalue weighted by atomic mass is 10.1. The fourth-order valence-corrected chi connectivity index (χ4v) is 5.48. The predicted molar refractivity (Wildman–Crippen MR) is 137 cm³/mol. The first-order chi connectivity index (χ1) is 15.5. The van der Waals surface area contributed by atoms with E-state index in [2.05, 4.69) is 38.4 Å². The summed E-state index contributed by atoms with van der Waals surface area (Å²) in [6, 6.07) is 23.9. The molecule has 0 aliphatic heterocycles. The Morgan fingerprint density at radius 1 is 0.938 bits per heavy atom. The van der Waals surface area contributed by atoms with Gasteiger partial charge < -0.3 is 11.1 Å². The van der Waals surface area contributed by atoms with E-state index in [0.29, 0.717) is 10.3 Å². The minimum absolute atomic E-state index is 0.113. The maximum absolute atomic E-state index is 12.8. The molecule has 32 heavy (non-hydrogen) atoms. The summed E-state index contributed by atoms with van der Waals surface area (Å²) < 4.78 is 1.98. The van der Waals surface area contributed by atoms with E-state index in [1.54, 1.807) is 0 Å². The lowest BCUT2D eigenvalue weighted by Gasteiger charge is -2.03. The van der Waals surface area contributed by atoms with E-state index in [0.717, 1.165) is 42.0 Å². The summed E-state index contributed by atoms with van der Waals surface area (Å²) in [5.74, 6) is -0.113. The van der Waals surface area contributed by atoms with Gasteiger partial charge >= 0.3 is 0 Å². The van der Waals surface area contributed by atoms with Crippen LogP contribution in [0.2, 0.25) is 0 Å². The maximum atomic E-state index is 12.8. The number of hydrogen-bond acceptors (Lipinski definition) is 6. The third-order valence-corrected chi connectivity index (χ3v) is 7.26. The number of thiazole rings is 2. The zero-order valence-corrected chi connectivity index (χ0v) is 19.9. The summed E-state index contributed by atoms with van der Waals surface area (Å²) in [6.45, 7) is 0. The number of fused-ring (bicyclic) bond motifs is 1. The third kappa shape index (κ3) is 4.43. The fourth-order valence-electron chi connectivity index (χ4n) is 3.41. The van der Waals surface area contributed by atoms with Crippen molar-refractivity contribution in [3.05, 3.63) is 82.8 Å². The largest absolute Gasteiger partial charge is 0.375 e. The lowest BCUT2D eigenvalue weighted by Crippen LogP contribution is -2.14. The van der Waals surface area contributed by atoms with Gasteiger partial charge in [0.25, 0.3) is 0 Å². The zero-order chi connectivity index (χ0) is 22.1. The second-order valence-electron chi connectivity index (χ2n) is 7.15. The molecule has 0 radical (unpaired) electrons. The van der Waals surface area contributed by atoms with Crippen LogP contribution in [0.3, 0.4) is 0 Å². The van der Waals surface area contributed by atoms with E-state index in [1.807, 2.05) is 60.7 Å². The van der Waals surface area contributed by atoms with Crippen molar-refractivity contribution in [2.24, 2.45) is 0 Å². The molecule has 0 atom stereocenters. The van der Waals surface area contributed by atoms with Crippen LogP contribution >= 0.6 is 38.6 Å². The van der Waals surface area contributed by atoms with Gasteiger partial charge in [-0.25, -0.2) is 9.97 Å². The summed E-state index contributed by atoms with van der Waals surface area (Å²) >= 11 is 6.38. The van der Waals surface area contributed by atoms with Crippen molar-refractivity contribution < 1.29 is 4.79 Å². The molecular weight excluding hydrogens is 504 g/mol. The van der Waals surface area contributed by atoms with Crippen LogP contribution in [-0.4, -0.2) is 15.9 Å². The number of anilines is 2. The minimum atomic E-state index is -0.113. The van der Waals surface area contributed by atoms with Gasteiger partial charge in [0, 0.05) is 10.0 Å². The first-order valence-electron chi connectivity index (χ1n) is 9.82. The highest BCUT2D eigenvalue weighted by molar-refractivity contribution is 9.10. The van der Waals surface area contributed by atoms with E-state index >= 15 is 0 Å². The molecule has 0 saturated carbocycles. The highest BCUT2D eigenvalue weighted by atomic mass is 79.9. The van der Waals surface area contributed by atoms with Crippen molar-refractivity contribution in [3.63, 3.8) is 0 Å². The van der Waals surface area contributed by atoms with Crippen LogP contribution in [0.4, 0.5) is 10.3 Å². The quantitative estimate of drug-likeness (QED) is 0.273. The van der Waals surface area contributed by atoms with Gasteiger partial charge in [-0.15, -0.1) is 0 Å². The Balaban J connectivity index is 1.42. The van der Waals surface area contributed by atoms with Gasteiger partial charge in [-0.3, -0.25) is 4.79 Å². The molecule has 5 aromatic rings. The number of aromatic nitrogens is 2. The molecule has 1 amide bonds. The molecule has 2 heterocycles. The molecule has 0 saturated heterocycles. The van der Waals surface area contributed by atoms with Crippen LogP contribution in [0.5, 0.6) is 0 Å². The first-order valence-corrected chi connectivity index (χ1v) is 12.2. The number of nitrogens with two attached hydrogens (primary N) is 1. The topological polar surface area (TPSA) is 80.9 Å². The van der Waals surface area contributed by atoms with Crippen LogP contribution < -0.4 is 11.1 Å². The Morgan fingerprint density at radius 3 is 2.50 bits per heavy atom. The normalized spacial score (nSPS) is 11.0. The lowest BCUT2D eigenvalue weighted by molar-refractivity contribution is -0.115. The summed E-state index contributed by atoms with van der Waals surface area (Å²) in [5.41, 5.74) is 10.5. The summed E-state index contributed by atoms with van der Waals surface area (Å²) in [5, 5.41) is 4.08. The SMILES string of the molecule is Nc1nc2ccc(CC(=O)Nc3nc(-c4ccc(Br)cc4)c(-c4ccccc4)s3)cc2s1. The number of nitrogen functional groups attached to an aromatic ring is 1. The molecule has 5 nitrogen and oxygen atoms in total. The molecule has 8 heteroatoms. The highest BCUT2D eigenvalue weighted by Gasteiger charge is 2.17. The third-order valence-electron chi connectivity index (χ3n) is 4.86. The van der Waals surface area contributed by atoms with E-state index < -0.39 is 0 Å². The Hall–Kier alpha value is -3.07. The molecule has 5 rings (SSSR count). The van der Waals surface area contributed by atoms with Crippen molar-refractivity contribution in [1.82, 2.24) is 9.97 Å². The predicted octanol–water partition coefficient (Wildman–Crippen LogP) is 6.61. The number of carbonyl (C=O) groups is 1. The van der Waals surface area contributed by atoms with Crippen LogP contribution in [0.1, 0.15) is 5.56 Å². The molecule has 0 aliphatic rings. The molecule has 158 valence electrons. The Kier molecular flexibility index (Phi) is 5.73. The van der Waals surface area contributed by atoms with Crippen LogP contribution in [-0.2, 0) is 11.2 Å². The van der Waals surface area contributed by atoms with Crippen LogP contribution in [0, 0.1) is 0 Å². The van der Waals surface area contributed by atoms with Gasteiger partial charge in [0.2, 0.25) is 5.91 Å². The van der Waals surface area contributed by atoms with Crippen molar-refractivity contribution in [1.29, 1.82) is 0 Å². The molecular formula is C24H17BrN4OS2. The molecule has 3 aromatic carbocycles. The van der Waals surface area contributed by atoms with Gasteiger partial charge in [-0.2, -0.15) is 0 Å². The maximum Gasteiger partial charge on any atom is 0.230 e. The summed E-state index contributed by atoms with van der Waals surface area (Å²) in [6.07, 6.45) is 0.252. The summed E-state index contributed by atoms with van der Waals surface area (Å²) in [7, 11) is 0. The van der Waals surface area contributed by atoms with Crippen molar-refractivity contribution in [2.75, 3.05) is 11.1 Å². The Morgan fingerprint density at radius 2 is 1.72 bits per heavy atom. The highest BCUT2D eigenvalue weighted by Crippen LogP contribution is 2.39. The number of rotatable bonds is 5. The Bertz CT molecular complexity index is 1410. The van der Waals surface area contributed by atoms with Gasteiger partial charge in [-0.05, 0) is 35.4 Å². The van der Waals surface area contributed by atoms with Crippen molar-refractivity contribution in [2.45, 2.75) is 6.42 Å². The smallest absolute Gasteiger partial charge is 0.230 e. The summed E-state index contributed by atoms with van der Waals surface area (Å²) in [4.78, 5) is 22.8. The van der Waals surface area contributed by atoms with Crippen molar-refractivity contribution in [3.8, 4) is 21.7 Å². The Labute approximate surface area is 201 Å². The number of hydrogen-bond donors (Lipinski definition) is 2. The molecule has 0 spiro atoms. The van der Waals surface area contributed by atoms with E-state index in [9.17, 15) is 4.79 Å². The molecule has 3 N–H and O–H groups in total. The van der Waals surface area contributed by atoms with Gasteiger partial charge in [0.1, 0.15) is 0 Å². The van der Waals surface area contributed by atoms with Crippen LogP contribution in [0.25, 0.3) is 31.9 Å². The molecule has 0 fully saturated rings. The number of carbonyl (C=O) groups excluding carboxylic acids is 1. The molecule has 0 aliphatic carbocycles. The van der Waals surface area contributed by atoms with E-state index in [4.69, 9.17) is 10.7 Å². The number of benzene rings is 3. The molecule has 2 aromatic heterocycles. The number of halogens is 1. The number of amides is 1. The van der Waals surface area contributed by atoms with E-state index in [1.165, 1.54) is 22.7 Å². The zero-order valence-electron chi connectivity index (χ0n) is 16.7. The molecule has 0 bridgehead atoms. The monoisotopic (exact) mass is 520 g/mol. The van der Waals surface area contributed by atoms with Crippen LogP contribution in [0.15, 0.2) is 77.3 Å². The average molecular weight is 521 g/mol. The first kappa shape index (κ1) is 20.8. The van der Waals surface area contributed by atoms with Gasteiger partial charge in [0.15, 0.2) is 10.3 Å². The second-order valence-corrected chi connectivity index (χ2v) is 10.1. The average Bonchev–Trinajstić information content (AvgIpc) is 3.37. The van der Waals surface area contributed by atoms with Gasteiger partial charge in [0.05, 0.1) is 27.2 Å². The minimum Gasteiger partial charge on any atom is -0.375 e. The number of nitrogens with one attached hydrogen (secondary N) is 1. The fraction of sp³-hybridized carbons (Fsp3) is 0.0417. The standard InChI is InChI=1S/C24H17BrN4OS2/c25-17-9-7-15(8-10-17)21-22(16-4-2-1-3-5-16)32-24(29-21)28-20(30)13-14-6-11-18-19(12-14)31-23(26)27-18/h1-12H,13H2,(H2,26,27)(H,28,29,30). The molecule has 0 unspecified atom stereocenters. The van der Waals surface area contributed by atoms with E-state index in [-0.39, 0.29) is 12.3 Å².